The summed E-state index contributed by atoms with van der Waals surface area (Å²) in [5.41, 5.74) is 3.34. The summed E-state index contributed by atoms with van der Waals surface area (Å²) in [6, 6.07) is 5.39. The number of amides is 1. The number of aromatic nitrogens is 4. The molecule has 142 valence electrons. The Balaban J connectivity index is 1.58. The molecule has 0 aliphatic heterocycles. The maximum Gasteiger partial charge on any atom is 0.231 e. The van der Waals surface area contributed by atoms with Crippen molar-refractivity contribution in [3.63, 3.8) is 0 Å². The summed E-state index contributed by atoms with van der Waals surface area (Å²) in [5, 5.41) is 14.6. The number of nitrogens with zero attached hydrogens (tertiary/aromatic N) is 3. The van der Waals surface area contributed by atoms with Gasteiger partial charge in [0.25, 0.3) is 0 Å². The van der Waals surface area contributed by atoms with Gasteiger partial charge in [0.05, 0.1) is 27.6 Å². The molecule has 0 radical (unpaired) electrons. The van der Waals surface area contributed by atoms with Crippen LogP contribution < -0.4 is 5.32 Å². The molecule has 28 heavy (non-hydrogen) atoms. The summed E-state index contributed by atoms with van der Waals surface area (Å²) in [7, 11) is 0. The molecule has 2 unspecified atom stereocenters. The van der Waals surface area contributed by atoms with E-state index < -0.39 is 12.1 Å². The van der Waals surface area contributed by atoms with Crippen molar-refractivity contribution < 1.29 is 13.6 Å². The molecule has 0 saturated heterocycles. The minimum absolute atomic E-state index is 0.262. The van der Waals surface area contributed by atoms with Gasteiger partial charge in [0.1, 0.15) is 12.0 Å². The van der Waals surface area contributed by atoms with Crippen molar-refractivity contribution in [3.8, 4) is 11.1 Å². The Morgan fingerprint density at radius 1 is 1.43 bits per heavy atom. The van der Waals surface area contributed by atoms with Crippen LogP contribution in [0.3, 0.4) is 0 Å². The zero-order valence-corrected chi connectivity index (χ0v) is 16.2. The average Bonchev–Trinajstić information content (AvgIpc) is 3.06. The van der Waals surface area contributed by atoms with Gasteiger partial charge in [-0.3, -0.25) is 9.89 Å². The van der Waals surface area contributed by atoms with Crippen molar-refractivity contribution in [2.45, 2.75) is 19.5 Å². The van der Waals surface area contributed by atoms with Gasteiger partial charge in [-0.1, -0.05) is 0 Å². The second kappa shape index (κ2) is 6.10. The smallest absolute Gasteiger partial charge is 0.231 e. The standard InChI is InChI=1S/C19H14BrF2N5O/c1-8-15(12-7-23-25-18(12)16(20)17(8)22)9-2-3-27-10(4-9)5-14(26-27)24-19(28)11-6-13(11)21/h2-5,7,11,13H,6H2,1H3,(H,23,25)(H,24,26,28). The van der Waals surface area contributed by atoms with Gasteiger partial charge in [-0.15, -0.1) is 0 Å². The van der Waals surface area contributed by atoms with Crippen molar-refractivity contribution in [2.24, 2.45) is 5.92 Å². The fourth-order valence-corrected chi connectivity index (χ4v) is 4.07. The number of nitrogens with one attached hydrogen (secondary N) is 2. The van der Waals surface area contributed by atoms with Crippen LogP contribution in [-0.2, 0) is 4.79 Å². The summed E-state index contributed by atoms with van der Waals surface area (Å²) in [6.07, 6.45) is 2.60. The van der Waals surface area contributed by atoms with Crippen LogP contribution >= 0.6 is 15.9 Å². The molecule has 1 saturated carbocycles. The van der Waals surface area contributed by atoms with E-state index in [0.29, 0.717) is 21.4 Å². The van der Waals surface area contributed by atoms with Gasteiger partial charge in [-0.25, -0.2) is 13.3 Å². The third kappa shape index (κ3) is 2.61. The van der Waals surface area contributed by atoms with E-state index in [2.05, 4.69) is 36.5 Å². The molecular weight excluding hydrogens is 432 g/mol. The minimum atomic E-state index is -1.06. The van der Waals surface area contributed by atoms with Crippen molar-refractivity contribution in [3.05, 3.63) is 46.4 Å². The molecule has 1 aliphatic rings. The first-order valence-electron chi connectivity index (χ1n) is 8.69. The SMILES string of the molecule is Cc1c(F)c(Br)c2[nH]ncc2c1-c1ccn2nc(NC(=O)C3CC3F)cc2c1. The highest BCUT2D eigenvalue weighted by atomic mass is 79.9. The van der Waals surface area contributed by atoms with Crippen molar-refractivity contribution >= 4 is 44.1 Å². The molecule has 1 amide bonds. The number of carbonyl (C=O) groups excluding carboxylic acids is 1. The average molecular weight is 446 g/mol. The maximum atomic E-state index is 14.7. The van der Waals surface area contributed by atoms with Gasteiger partial charge < -0.3 is 5.32 Å². The van der Waals surface area contributed by atoms with E-state index in [0.717, 1.165) is 22.0 Å². The van der Waals surface area contributed by atoms with E-state index in [9.17, 15) is 13.6 Å². The molecule has 9 heteroatoms. The third-order valence-corrected chi connectivity index (χ3v) is 5.82. The molecule has 4 aromatic rings. The molecule has 1 fully saturated rings. The number of benzene rings is 1. The number of hydrogen-bond donors (Lipinski definition) is 2. The molecule has 2 N–H and O–H groups in total. The molecule has 0 spiro atoms. The lowest BCUT2D eigenvalue weighted by atomic mass is 9.97. The number of fused-ring (bicyclic) bond motifs is 2. The normalized spacial score (nSPS) is 18.7. The number of H-pyrrole nitrogens is 1. The predicted molar refractivity (Wildman–Crippen MR) is 104 cm³/mol. The molecule has 3 heterocycles. The molecule has 5 rings (SSSR count). The molecule has 1 aliphatic carbocycles. The van der Waals surface area contributed by atoms with E-state index in [1.807, 2.05) is 12.1 Å². The number of pyridine rings is 1. The summed E-state index contributed by atoms with van der Waals surface area (Å²) < 4.78 is 29.7. The molecule has 0 bridgehead atoms. The highest BCUT2D eigenvalue weighted by Gasteiger charge is 2.43. The Hall–Kier alpha value is -2.81. The number of hydrogen-bond acceptors (Lipinski definition) is 3. The van der Waals surface area contributed by atoms with Gasteiger partial charge in [0.2, 0.25) is 5.91 Å². The number of aromatic amines is 1. The largest absolute Gasteiger partial charge is 0.309 e. The van der Waals surface area contributed by atoms with Crippen LogP contribution in [0.2, 0.25) is 0 Å². The number of alkyl halides is 1. The van der Waals surface area contributed by atoms with Crippen LogP contribution in [0.25, 0.3) is 27.5 Å². The van der Waals surface area contributed by atoms with E-state index in [1.165, 1.54) is 0 Å². The lowest BCUT2D eigenvalue weighted by Gasteiger charge is -2.11. The van der Waals surface area contributed by atoms with Crippen LogP contribution in [0, 0.1) is 18.7 Å². The first-order valence-corrected chi connectivity index (χ1v) is 9.48. The Labute approximate surface area is 166 Å². The Morgan fingerprint density at radius 2 is 2.21 bits per heavy atom. The summed E-state index contributed by atoms with van der Waals surface area (Å²) in [6.45, 7) is 1.72. The summed E-state index contributed by atoms with van der Waals surface area (Å²) >= 11 is 3.28. The van der Waals surface area contributed by atoms with Crippen LogP contribution in [0.15, 0.2) is 35.1 Å². The quantitative estimate of drug-likeness (QED) is 0.491. The minimum Gasteiger partial charge on any atom is -0.309 e. The van der Waals surface area contributed by atoms with Gasteiger partial charge in [0, 0.05) is 17.6 Å². The maximum absolute atomic E-state index is 14.7. The number of carbonyl (C=O) groups is 1. The van der Waals surface area contributed by atoms with Crippen molar-refractivity contribution in [1.82, 2.24) is 19.8 Å². The zero-order valence-electron chi connectivity index (χ0n) is 14.6. The van der Waals surface area contributed by atoms with Crippen LogP contribution in [0.1, 0.15) is 12.0 Å². The highest BCUT2D eigenvalue weighted by molar-refractivity contribution is 9.10. The summed E-state index contributed by atoms with van der Waals surface area (Å²) in [4.78, 5) is 11.9. The first kappa shape index (κ1) is 17.3. The predicted octanol–water partition coefficient (Wildman–Crippen LogP) is 4.38. The van der Waals surface area contributed by atoms with Gasteiger partial charge in [-0.05, 0) is 58.1 Å². The second-order valence-corrected chi connectivity index (χ2v) is 7.74. The third-order valence-electron chi connectivity index (χ3n) is 5.08. The second-order valence-electron chi connectivity index (χ2n) is 6.95. The molecular formula is C19H14BrF2N5O. The number of rotatable bonds is 3. The van der Waals surface area contributed by atoms with Gasteiger partial charge in [0.15, 0.2) is 5.82 Å². The Kier molecular flexibility index (Phi) is 3.77. The highest BCUT2D eigenvalue weighted by Crippen LogP contribution is 2.38. The Morgan fingerprint density at radius 3 is 2.96 bits per heavy atom. The molecule has 2 atom stereocenters. The van der Waals surface area contributed by atoms with Crippen LogP contribution in [-0.4, -0.2) is 31.9 Å². The lowest BCUT2D eigenvalue weighted by Crippen LogP contribution is -2.15. The zero-order chi connectivity index (χ0) is 19.6. The number of halogens is 3. The Bertz CT molecular complexity index is 1260. The first-order chi connectivity index (χ1) is 13.4. The van der Waals surface area contributed by atoms with Crippen LogP contribution in [0.4, 0.5) is 14.6 Å². The van der Waals surface area contributed by atoms with Gasteiger partial charge in [-0.2, -0.15) is 10.2 Å². The van der Waals surface area contributed by atoms with E-state index in [4.69, 9.17) is 0 Å². The molecule has 3 aromatic heterocycles. The molecule has 6 nitrogen and oxygen atoms in total. The lowest BCUT2D eigenvalue weighted by molar-refractivity contribution is -0.117. The van der Waals surface area contributed by atoms with E-state index in [1.54, 1.807) is 29.9 Å². The van der Waals surface area contributed by atoms with E-state index >= 15 is 0 Å². The van der Waals surface area contributed by atoms with Crippen molar-refractivity contribution in [1.29, 1.82) is 0 Å². The summed E-state index contributed by atoms with van der Waals surface area (Å²) in [5.74, 6) is -0.933. The fourth-order valence-electron chi connectivity index (χ4n) is 3.47. The monoisotopic (exact) mass is 445 g/mol. The molecule has 1 aromatic carbocycles. The van der Waals surface area contributed by atoms with Crippen LogP contribution in [0.5, 0.6) is 0 Å². The fraction of sp³-hybridized carbons (Fsp3) is 0.211. The van der Waals surface area contributed by atoms with Gasteiger partial charge >= 0.3 is 0 Å². The van der Waals surface area contributed by atoms with Crippen molar-refractivity contribution in [2.75, 3.05) is 5.32 Å². The topological polar surface area (TPSA) is 75.1 Å². The number of anilines is 1. The van der Waals surface area contributed by atoms with E-state index in [-0.39, 0.29) is 18.1 Å².